The molecule has 1 amide bonds. The van der Waals surface area contributed by atoms with E-state index in [1.54, 1.807) is 0 Å². The number of carboxylic acid groups (broad SMARTS) is 1. The first-order valence-corrected chi connectivity index (χ1v) is 9.05. The van der Waals surface area contributed by atoms with Crippen LogP contribution in [-0.4, -0.2) is 28.5 Å². The van der Waals surface area contributed by atoms with E-state index in [1.165, 1.54) is 0 Å². The molecule has 2 N–H and O–H groups in total. The molecule has 0 bridgehead atoms. The molecule has 2 aromatic rings. The van der Waals surface area contributed by atoms with Crippen LogP contribution in [0.25, 0.3) is 10.9 Å². The maximum atomic E-state index is 12.6. The summed E-state index contributed by atoms with van der Waals surface area (Å²) in [6.07, 6.45) is 5.90. The molecule has 0 unspecified atom stereocenters. The Morgan fingerprint density at radius 1 is 1.12 bits per heavy atom. The lowest BCUT2D eigenvalue weighted by Gasteiger charge is -2.10. The number of aromatic nitrogens is 1. The van der Waals surface area contributed by atoms with Crippen molar-refractivity contribution in [3.8, 4) is 0 Å². The quantitative estimate of drug-likeness (QED) is 0.679. The second-order valence-electron chi connectivity index (χ2n) is 6.70. The number of amides is 1. The third-order valence-electron chi connectivity index (χ3n) is 4.58. The zero-order chi connectivity index (χ0) is 17.6. The van der Waals surface area contributed by atoms with Crippen molar-refractivity contribution in [2.45, 2.75) is 50.9 Å². The fourth-order valence-corrected chi connectivity index (χ4v) is 3.02. The molecule has 1 aromatic carbocycles. The van der Waals surface area contributed by atoms with Crippen LogP contribution in [0, 0.1) is 0 Å². The van der Waals surface area contributed by atoms with Gasteiger partial charge >= 0.3 is 5.97 Å². The van der Waals surface area contributed by atoms with Crippen LogP contribution in [0.4, 0.5) is 0 Å². The van der Waals surface area contributed by atoms with E-state index >= 15 is 0 Å². The molecule has 0 aliphatic heterocycles. The molecular weight excluding hydrogens is 316 g/mol. The van der Waals surface area contributed by atoms with Crippen molar-refractivity contribution in [1.29, 1.82) is 0 Å². The maximum Gasteiger partial charge on any atom is 0.303 e. The number of hydrogen-bond acceptors (Lipinski definition) is 3. The minimum atomic E-state index is -0.746. The summed E-state index contributed by atoms with van der Waals surface area (Å²) in [7, 11) is 0. The van der Waals surface area contributed by atoms with E-state index in [0.717, 1.165) is 48.7 Å². The Hall–Kier alpha value is -2.43. The van der Waals surface area contributed by atoms with Crippen molar-refractivity contribution in [1.82, 2.24) is 10.3 Å². The number of carbonyl (C=O) groups excluding carboxylic acids is 1. The molecule has 1 saturated carbocycles. The van der Waals surface area contributed by atoms with Crippen LogP contribution in [0.1, 0.15) is 66.9 Å². The van der Waals surface area contributed by atoms with Crippen molar-refractivity contribution in [3.05, 3.63) is 41.6 Å². The smallest absolute Gasteiger partial charge is 0.303 e. The first kappa shape index (κ1) is 17.4. The SMILES string of the molecule is O=C(O)CCCCCCNC(=O)c1cc(C2CC2)nc2ccccc12. The molecule has 3 rings (SSSR count). The van der Waals surface area contributed by atoms with E-state index in [0.29, 0.717) is 24.4 Å². The van der Waals surface area contributed by atoms with Crippen LogP contribution in [0.15, 0.2) is 30.3 Å². The van der Waals surface area contributed by atoms with E-state index in [1.807, 2.05) is 30.3 Å². The molecular formula is C20H24N2O3. The molecule has 5 heteroatoms. The Morgan fingerprint density at radius 2 is 1.88 bits per heavy atom. The summed E-state index contributed by atoms with van der Waals surface area (Å²) in [6, 6.07) is 9.73. The molecule has 1 aliphatic rings. The second kappa shape index (κ2) is 8.10. The molecule has 1 aliphatic carbocycles. The molecule has 1 fully saturated rings. The lowest BCUT2D eigenvalue weighted by Crippen LogP contribution is -2.25. The number of nitrogens with one attached hydrogen (secondary N) is 1. The third kappa shape index (κ3) is 4.78. The molecule has 0 atom stereocenters. The van der Waals surface area contributed by atoms with Gasteiger partial charge in [0.25, 0.3) is 5.91 Å². The Labute approximate surface area is 147 Å². The van der Waals surface area contributed by atoms with Gasteiger partial charge in [-0.2, -0.15) is 0 Å². The summed E-state index contributed by atoms with van der Waals surface area (Å²) in [5.74, 6) is -0.291. The summed E-state index contributed by atoms with van der Waals surface area (Å²) >= 11 is 0. The van der Waals surface area contributed by atoms with Crippen molar-refractivity contribution in [2.75, 3.05) is 6.54 Å². The van der Waals surface area contributed by atoms with Crippen molar-refractivity contribution >= 4 is 22.8 Å². The zero-order valence-corrected chi connectivity index (χ0v) is 14.3. The van der Waals surface area contributed by atoms with Crippen molar-refractivity contribution < 1.29 is 14.7 Å². The minimum Gasteiger partial charge on any atom is -0.481 e. The summed E-state index contributed by atoms with van der Waals surface area (Å²) in [5.41, 5.74) is 2.61. The van der Waals surface area contributed by atoms with Gasteiger partial charge in [-0.05, 0) is 37.8 Å². The summed E-state index contributed by atoms with van der Waals surface area (Å²) in [6.45, 7) is 0.612. The molecule has 0 radical (unpaired) electrons. The normalized spacial score (nSPS) is 13.8. The number of carbonyl (C=O) groups is 2. The fourth-order valence-electron chi connectivity index (χ4n) is 3.02. The van der Waals surface area contributed by atoms with Gasteiger partial charge in [0.05, 0.1) is 11.1 Å². The van der Waals surface area contributed by atoms with Crippen LogP contribution in [0.5, 0.6) is 0 Å². The fraction of sp³-hybridized carbons (Fsp3) is 0.450. The number of rotatable bonds is 9. The van der Waals surface area contributed by atoms with Crippen molar-refractivity contribution in [2.24, 2.45) is 0 Å². The molecule has 132 valence electrons. The Balaban J connectivity index is 1.57. The highest BCUT2D eigenvalue weighted by Crippen LogP contribution is 2.40. The van der Waals surface area contributed by atoms with E-state index in [2.05, 4.69) is 5.32 Å². The van der Waals surface area contributed by atoms with Gasteiger partial charge in [0.2, 0.25) is 0 Å². The molecule has 1 aromatic heterocycles. The summed E-state index contributed by atoms with van der Waals surface area (Å²) < 4.78 is 0. The first-order valence-electron chi connectivity index (χ1n) is 9.05. The van der Waals surface area contributed by atoms with Gasteiger partial charge in [0, 0.05) is 30.0 Å². The van der Waals surface area contributed by atoms with Gasteiger partial charge in [-0.1, -0.05) is 31.0 Å². The van der Waals surface area contributed by atoms with Gasteiger partial charge < -0.3 is 10.4 Å². The number of aliphatic carboxylic acids is 1. The van der Waals surface area contributed by atoms with E-state index in [-0.39, 0.29) is 12.3 Å². The highest BCUT2D eigenvalue weighted by molar-refractivity contribution is 6.06. The number of hydrogen-bond donors (Lipinski definition) is 2. The number of nitrogens with zero attached hydrogens (tertiary/aromatic N) is 1. The number of fused-ring (bicyclic) bond motifs is 1. The molecule has 0 spiro atoms. The topological polar surface area (TPSA) is 79.3 Å². The lowest BCUT2D eigenvalue weighted by molar-refractivity contribution is -0.137. The average molecular weight is 340 g/mol. The van der Waals surface area contributed by atoms with Gasteiger partial charge in [-0.3, -0.25) is 14.6 Å². The Bertz CT molecular complexity index is 769. The van der Waals surface area contributed by atoms with Gasteiger partial charge in [-0.15, -0.1) is 0 Å². The van der Waals surface area contributed by atoms with E-state index in [4.69, 9.17) is 10.1 Å². The monoisotopic (exact) mass is 340 g/mol. The van der Waals surface area contributed by atoms with Crippen LogP contribution in [0.2, 0.25) is 0 Å². The standard InChI is InChI=1S/C20H24N2O3/c23-19(24)9-3-1-2-6-12-21-20(25)16-13-18(14-10-11-14)22-17-8-5-4-7-15(16)17/h4-5,7-8,13-14H,1-3,6,9-12H2,(H,21,25)(H,23,24). The highest BCUT2D eigenvalue weighted by atomic mass is 16.4. The lowest BCUT2D eigenvalue weighted by atomic mass is 10.1. The van der Waals surface area contributed by atoms with Crippen molar-refractivity contribution in [3.63, 3.8) is 0 Å². The largest absolute Gasteiger partial charge is 0.481 e. The average Bonchev–Trinajstić information content (AvgIpc) is 3.44. The van der Waals surface area contributed by atoms with Gasteiger partial charge in [0.1, 0.15) is 0 Å². The van der Waals surface area contributed by atoms with Crippen LogP contribution in [-0.2, 0) is 4.79 Å². The van der Waals surface area contributed by atoms with Gasteiger partial charge in [-0.25, -0.2) is 0 Å². The van der Waals surface area contributed by atoms with E-state index < -0.39 is 5.97 Å². The number of pyridine rings is 1. The van der Waals surface area contributed by atoms with Crippen LogP contribution >= 0.6 is 0 Å². The number of unbranched alkanes of at least 4 members (excludes halogenated alkanes) is 3. The highest BCUT2D eigenvalue weighted by Gasteiger charge is 2.26. The first-order chi connectivity index (χ1) is 12.1. The predicted molar refractivity (Wildman–Crippen MR) is 96.8 cm³/mol. The zero-order valence-electron chi connectivity index (χ0n) is 14.3. The second-order valence-corrected chi connectivity index (χ2v) is 6.70. The summed E-state index contributed by atoms with van der Waals surface area (Å²) in [5, 5.41) is 12.5. The molecule has 0 saturated heterocycles. The molecule has 1 heterocycles. The van der Waals surface area contributed by atoms with Crippen LogP contribution in [0.3, 0.4) is 0 Å². The Kier molecular flexibility index (Phi) is 5.64. The Morgan fingerprint density at radius 3 is 2.64 bits per heavy atom. The van der Waals surface area contributed by atoms with E-state index in [9.17, 15) is 9.59 Å². The molecule has 5 nitrogen and oxygen atoms in total. The third-order valence-corrected chi connectivity index (χ3v) is 4.58. The number of benzene rings is 1. The van der Waals surface area contributed by atoms with Crippen LogP contribution < -0.4 is 5.32 Å². The number of para-hydroxylation sites is 1. The minimum absolute atomic E-state index is 0.0500. The number of carboxylic acids is 1. The predicted octanol–water partition coefficient (Wildman–Crippen LogP) is 3.88. The maximum absolute atomic E-state index is 12.6. The molecule has 25 heavy (non-hydrogen) atoms. The summed E-state index contributed by atoms with van der Waals surface area (Å²) in [4.78, 5) is 27.8. The van der Waals surface area contributed by atoms with Gasteiger partial charge in [0.15, 0.2) is 0 Å².